The Balaban J connectivity index is 1.65. The summed E-state index contributed by atoms with van der Waals surface area (Å²) in [5.74, 6) is 0.652. The quantitative estimate of drug-likeness (QED) is 0.799. The highest BCUT2D eigenvalue weighted by Gasteiger charge is 2.21. The van der Waals surface area contributed by atoms with Gasteiger partial charge in [-0.15, -0.1) is 0 Å². The number of hydrogen-bond donors (Lipinski definition) is 0. The smallest absolute Gasteiger partial charge is 0.0233 e. The van der Waals surface area contributed by atoms with Crippen LogP contribution in [0.15, 0.2) is 54.6 Å². The molecule has 0 aliphatic carbocycles. The molecule has 1 nitrogen and oxygen atoms in total. The van der Waals surface area contributed by atoms with Crippen molar-refractivity contribution in [3.8, 4) is 0 Å². The Morgan fingerprint density at radius 3 is 2.68 bits per heavy atom. The van der Waals surface area contributed by atoms with E-state index in [-0.39, 0.29) is 0 Å². The van der Waals surface area contributed by atoms with Crippen LogP contribution in [-0.2, 0) is 6.54 Å². The van der Waals surface area contributed by atoms with Crippen LogP contribution in [0.1, 0.15) is 29.9 Å². The van der Waals surface area contributed by atoms with E-state index >= 15 is 0 Å². The average Bonchev–Trinajstić information content (AvgIpc) is 2.49. The second-order valence-electron chi connectivity index (χ2n) is 5.38. The summed E-state index contributed by atoms with van der Waals surface area (Å²) in [6.07, 6.45) is 2.59. The van der Waals surface area contributed by atoms with Gasteiger partial charge in [0.05, 0.1) is 0 Å². The van der Waals surface area contributed by atoms with Crippen LogP contribution in [0.5, 0.6) is 0 Å². The van der Waals surface area contributed by atoms with Gasteiger partial charge in [-0.3, -0.25) is 4.90 Å². The fourth-order valence-corrected chi connectivity index (χ4v) is 2.96. The van der Waals surface area contributed by atoms with E-state index in [0.717, 1.165) is 13.1 Å². The highest BCUT2D eigenvalue weighted by atomic mass is 15.1. The normalized spacial score (nSPS) is 20.3. The van der Waals surface area contributed by atoms with Crippen molar-refractivity contribution in [2.75, 3.05) is 13.1 Å². The fourth-order valence-electron chi connectivity index (χ4n) is 2.96. The van der Waals surface area contributed by atoms with Crippen molar-refractivity contribution >= 4 is 0 Å². The van der Waals surface area contributed by atoms with E-state index in [1.54, 1.807) is 0 Å². The number of hydrogen-bond acceptors (Lipinski definition) is 1. The summed E-state index contributed by atoms with van der Waals surface area (Å²) in [6, 6.07) is 22.6. The molecular formula is C18H20N. The minimum atomic E-state index is 0.652. The molecule has 0 saturated carbocycles. The van der Waals surface area contributed by atoms with Crippen molar-refractivity contribution in [1.29, 1.82) is 0 Å². The lowest BCUT2D eigenvalue weighted by Crippen LogP contribution is -2.33. The maximum Gasteiger partial charge on any atom is 0.0233 e. The Labute approximate surface area is 115 Å². The molecule has 0 bridgehead atoms. The zero-order valence-corrected chi connectivity index (χ0v) is 11.3. The third kappa shape index (κ3) is 3.24. The highest BCUT2D eigenvalue weighted by Crippen LogP contribution is 2.27. The minimum Gasteiger partial charge on any atom is -0.298 e. The number of likely N-dealkylation sites (tertiary alicyclic amines) is 1. The Bertz CT molecular complexity index is 492. The molecule has 2 aromatic carbocycles. The molecule has 1 aliphatic heterocycles. The molecule has 1 heterocycles. The summed E-state index contributed by atoms with van der Waals surface area (Å²) >= 11 is 0. The van der Waals surface area contributed by atoms with Gasteiger partial charge in [-0.1, -0.05) is 54.6 Å². The van der Waals surface area contributed by atoms with Gasteiger partial charge >= 0.3 is 0 Å². The summed E-state index contributed by atoms with van der Waals surface area (Å²) in [5.41, 5.74) is 2.79. The van der Waals surface area contributed by atoms with Gasteiger partial charge in [-0.2, -0.15) is 0 Å². The first-order valence-corrected chi connectivity index (χ1v) is 7.15. The Kier molecular flexibility index (Phi) is 3.95. The lowest BCUT2D eigenvalue weighted by Gasteiger charge is -2.33. The third-order valence-corrected chi connectivity index (χ3v) is 3.93. The second kappa shape index (κ2) is 6.03. The van der Waals surface area contributed by atoms with Gasteiger partial charge in [-0.25, -0.2) is 0 Å². The molecule has 0 spiro atoms. The predicted molar refractivity (Wildman–Crippen MR) is 79.0 cm³/mol. The molecule has 0 aromatic heterocycles. The fraction of sp³-hybridized carbons (Fsp3) is 0.333. The minimum absolute atomic E-state index is 0.652. The Morgan fingerprint density at radius 1 is 1.05 bits per heavy atom. The molecule has 1 heteroatoms. The number of nitrogens with zero attached hydrogens (tertiary/aromatic N) is 1. The van der Waals surface area contributed by atoms with Crippen LogP contribution in [-0.4, -0.2) is 18.0 Å². The SMILES string of the molecule is [c]1ccccc1C1CCCN(Cc2ccccc2)C1. The monoisotopic (exact) mass is 250 g/mol. The first-order valence-electron chi connectivity index (χ1n) is 7.15. The standard InChI is InChI=1S/C18H20N/c1-3-8-16(9-4-1)14-19-13-7-12-18(15-19)17-10-5-2-6-11-17/h1-6,8-10,18H,7,12-15H2. The number of piperidine rings is 1. The molecule has 0 N–H and O–H groups in total. The lowest BCUT2D eigenvalue weighted by atomic mass is 9.90. The zero-order chi connectivity index (χ0) is 12.9. The van der Waals surface area contributed by atoms with Crippen molar-refractivity contribution in [3.63, 3.8) is 0 Å². The number of rotatable bonds is 3. The molecule has 1 unspecified atom stereocenters. The summed E-state index contributed by atoms with van der Waals surface area (Å²) < 4.78 is 0. The highest BCUT2D eigenvalue weighted by molar-refractivity contribution is 5.19. The molecule has 1 aliphatic rings. The van der Waals surface area contributed by atoms with E-state index in [2.05, 4.69) is 53.4 Å². The van der Waals surface area contributed by atoms with Gasteiger partial charge in [-0.05, 0) is 42.5 Å². The van der Waals surface area contributed by atoms with Gasteiger partial charge in [0.2, 0.25) is 0 Å². The van der Waals surface area contributed by atoms with E-state index in [1.165, 1.54) is 30.5 Å². The topological polar surface area (TPSA) is 3.24 Å². The molecule has 0 amide bonds. The molecule has 2 aromatic rings. The van der Waals surface area contributed by atoms with E-state index in [1.807, 2.05) is 12.1 Å². The van der Waals surface area contributed by atoms with E-state index in [0.29, 0.717) is 5.92 Å². The van der Waals surface area contributed by atoms with Crippen LogP contribution >= 0.6 is 0 Å². The Morgan fingerprint density at radius 2 is 1.89 bits per heavy atom. The van der Waals surface area contributed by atoms with E-state index in [4.69, 9.17) is 0 Å². The molecule has 1 atom stereocenters. The molecule has 1 saturated heterocycles. The van der Waals surface area contributed by atoms with E-state index in [9.17, 15) is 0 Å². The first-order chi connectivity index (χ1) is 9.42. The molecule has 3 rings (SSSR count). The number of benzene rings is 2. The van der Waals surface area contributed by atoms with Gasteiger partial charge in [0.15, 0.2) is 0 Å². The molecule has 97 valence electrons. The summed E-state index contributed by atoms with van der Waals surface area (Å²) in [7, 11) is 0. The van der Waals surface area contributed by atoms with Crippen LogP contribution in [0.4, 0.5) is 0 Å². The van der Waals surface area contributed by atoms with Crippen LogP contribution < -0.4 is 0 Å². The predicted octanol–water partition coefficient (Wildman–Crippen LogP) is 3.87. The van der Waals surface area contributed by atoms with Crippen LogP contribution in [0.2, 0.25) is 0 Å². The summed E-state index contributed by atoms with van der Waals surface area (Å²) in [5, 5.41) is 0. The van der Waals surface area contributed by atoms with E-state index < -0.39 is 0 Å². The first kappa shape index (κ1) is 12.4. The molecule has 19 heavy (non-hydrogen) atoms. The van der Waals surface area contributed by atoms with Gasteiger partial charge in [0, 0.05) is 13.1 Å². The van der Waals surface area contributed by atoms with Gasteiger partial charge < -0.3 is 0 Å². The van der Waals surface area contributed by atoms with Crippen molar-refractivity contribution in [2.45, 2.75) is 25.3 Å². The van der Waals surface area contributed by atoms with Crippen molar-refractivity contribution < 1.29 is 0 Å². The Hall–Kier alpha value is -1.60. The zero-order valence-electron chi connectivity index (χ0n) is 11.3. The third-order valence-electron chi connectivity index (χ3n) is 3.93. The maximum atomic E-state index is 3.40. The second-order valence-corrected chi connectivity index (χ2v) is 5.38. The average molecular weight is 250 g/mol. The molecule has 1 radical (unpaired) electrons. The van der Waals surface area contributed by atoms with Crippen LogP contribution in [0, 0.1) is 6.07 Å². The van der Waals surface area contributed by atoms with Crippen molar-refractivity contribution in [2.24, 2.45) is 0 Å². The van der Waals surface area contributed by atoms with Crippen LogP contribution in [0.25, 0.3) is 0 Å². The van der Waals surface area contributed by atoms with Gasteiger partial charge in [0.1, 0.15) is 0 Å². The van der Waals surface area contributed by atoms with Crippen LogP contribution in [0.3, 0.4) is 0 Å². The van der Waals surface area contributed by atoms with Gasteiger partial charge in [0.25, 0.3) is 0 Å². The largest absolute Gasteiger partial charge is 0.298 e. The summed E-state index contributed by atoms with van der Waals surface area (Å²) in [4.78, 5) is 2.57. The van der Waals surface area contributed by atoms with Crippen molar-refractivity contribution in [1.82, 2.24) is 4.90 Å². The van der Waals surface area contributed by atoms with Crippen molar-refractivity contribution in [3.05, 3.63) is 71.8 Å². The lowest BCUT2D eigenvalue weighted by molar-refractivity contribution is 0.200. The molecule has 1 fully saturated rings. The summed E-state index contributed by atoms with van der Waals surface area (Å²) in [6.45, 7) is 3.46. The maximum absolute atomic E-state index is 3.40. The molecular weight excluding hydrogens is 230 g/mol.